The molecule has 2 aromatic rings. The summed E-state index contributed by atoms with van der Waals surface area (Å²) >= 11 is 0. The zero-order valence-corrected chi connectivity index (χ0v) is 15.0. The van der Waals surface area contributed by atoms with Crippen LogP contribution in [0.3, 0.4) is 0 Å². The SMILES string of the molecule is CC(C)C(=O)N(Cc1ccccc1)C(C)C(=O)NCc1ccncc1. The van der Waals surface area contributed by atoms with Crippen molar-refractivity contribution in [3.63, 3.8) is 0 Å². The molecule has 0 aliphatic carbocycles. The molecule has 0 fully saturated rings. The maximum atomic E-state index is 12.6. The van der Waals surface area contributed by atoms with E-state index in [2.05, 4.69) is 10.3 Å². The van der Waals surface area contributed by atoms with E-state index in [4.69, 9.17) is 0 Å². The van der Waals surface area contributed by atoms with Crippen LogP contribution in [0.5, 0.6) is 0 Å². The number of pyridine rings is 1. The number of nitrogens with one attached hydrogen (secondary N) is 1. The number of rotatable bonds is 7. The van der Waals surface area contributed by atoms with Gasteiger partial charge in [-0.15, -0.1) is 0 Å². The van der Waals surface area contributed by atoms with Gasteiger partial charge in [-0.05, 0) is 30.2 Å². The molecule has 25 heavy (non-hydrogen) atoms. The molecule has 0 saturated heterocycles. The average molecular weight is 339 g/mol. The van der Waals surface area contributed by atoms with Crippen LogP contribution in [0.4, 0.5) is 0 Å². The number of hydrogen-bond acceptors (Lipinski definition) is 3. The Kier molecular flexibility index (Phi) is 6.69. The summed E-state index contributed by atoms with van der Waals surface area (Å²) in [4.78, 5) is 30.8. The second-order valence-electron chi connectivity index (χ2n) is 6.36. The van der Waals surface area contributed by atoms with Gasteiger partial charge < -0.3 is 10.2 Å². The zero-order chi connectivity index (χ0) is 18.2. The van der Waals surface area contributed by atoms with E-state index in [9.17, 15) is 9.59 Å². The van der Waals surface area contributed by atoms with Crippen LogP contribution < -0.4 is 5.32 Å². The highest BCUT2D eigenvalue weighted by molar-refractivity contribution is 5.88. The van der Waals surface area contributed by atoms with Gasteiger partial charge in [0, 0.05) is 31.4 Å². The topological polar surface area (TPSA) is 62.3 Å². The van der Waals surface area contributed by atoms with Crippen LogP contribution in [0.1, 0.15) is 31.9 Å². The first kappa shape index (κ1) is 18.6. The van der Waals surface area contributed by atoms with Crippen LogP contribution in [-0.2, 0) is 22.7 Å². The van der Waals surface area contributed by atoms with Gasteiger partial charge in [-0.2, -0.15) is 0 Å². The van der Waals surface area contributed by atoms with Gasteiger partial charge in [0.2, 0.25) is 11.8 Å². The van der Waals surface area contributed by atoms with Gasteiger partial charge in [0.15, 0.2) is 0 Å². The van der Waals surface area contributed by atoms with Gasteiger partial charge in [-0.25, -0.2) is 0 Å². The summed E-state index contributed by atoms with van der Waals surface area (Å²) in [6.07, 6.45) is 3.38. The van der Waals surface area contributed by atoms with Crippen molar-refractivity contribution in [2.75, 3.05) is 0 Å². The van der Waals surface area contributed by atoms with Crippen molar-refractivity contribution in [2.45, 2.75) is 39.9 Å². The minimum Gasteiger partial charge on any atom is -0.350 e. The van der Waals surface area contributed by atoms with Gasteiger partial charge in [0.05, 0.1) is 0 Å². The third-order valence-corrected chi connectivity index (χ3v) is 4.04. The van der Waals surface area contributed by atoms with Crippen molar-refractivity contribution >= 4 is 11.8 Å². The van der Waals surface area contributed by atoms with Gasteiger partial charge in [-0.1, -0.05) is 44.2 Å². The molecule has 5 heteroatoms. The van der Waals surface area contributed by atoms with Crippen LogP contribution in [0, 0.1) is 5.92 Å². The molecule has 1 atom stereocenters. The molecule has 2 rings (SSSR count). The maximum absolute atomic E-state index is 12.6. The van der Waals surface area contributed by atoms with E-state index >= 15 is 0 Å². The lowest BCUT2D eigenvalue weighted by Crippen LogP contribution is -2.48. The minimum absolute atomic E-state index is 0.0320. The molecule has 132 valence electrons. The third-order valence-electron chi connectivity index (χ3n) is 4.04. The number of amides is 2. The van der Waals surface area contributed by atoms with Gasteiger partial charge in [0.25, 0.3) is 0 Å². The summed E-state index contributed by atoms with van der Waals surface area (Å²) < 4.78 is 0. The van der Waals surface area contributed by atoms with E-state index < -0.39 is 6.04 Å². The molecular weight excluding hydrogens is 314 g/mol. The normalized spacial score (nSPS) is 11.8. The number of nitrogens with zero attached hydrogens (tertiary/aromatic N) is 2. The van der Waals surface area contributed by atoms with Crippen LogP contribution in [0.25, 0.3) is 0 Å². The van der Waals surface area contributed by atoms with Crippen molar-refractivity contribution in [1.82, 2.24) is 15.2 Å². The second kappa shape index (κ2) is 8.97. The standard InChI is InChI=1S/C20H25N3O2/c1-15(2)20(25)23(14-18-7-5-4-6-8-18)16(3)19(24)22-13-17-9-11-21-12-10-17/h4-12,15-16H,13-14H2,1-3H3,(H,22,24). The molecule has 0 spiro atoms. The third kappa shape index (κ3) is 5.41. The van der Waals surface area contributed by atoms with Crippen molar-refractivity contribution in [2.24, 2.45) is 5.92 Å². The number of aromatic nitrogens is 1. The fourth-order valence-corrected chi connectivity index (χ4v) is 2.50. The fraction of sp³-hybridized carbons (Fsp3) is 0.350. The molecule has 0 aliphatic rings. The van der Waals surface area contributed by atoms with Crippen LogP contribution >= 0.6 is 0 Å². The van der Waals surface area contributed by atoms with Gasteiger partial charge in [-0.3, -0.25) is 14.6 Å². The highest BCUT2D eigenvalue weighted by Gasteiger charge is 2.27. The van der Waals surface area contributed by atoms with E-state index in [0.29, 0.717) is 13.1 Å². The quantitative estimate of drug-likeness (QED) is 0.844. The van der Waals surface area contributed by atoms with Gasteiger partial charge >= 0.3 is 0 Å². The number of benzene rings is 1. The lowest BCUT2D eigenvalue weighted by molar-refractivity contribution is -0.143. The maximum Gasteiger partial charge on any atom is 0.242 e. The Bertz CT molecular complexity index is 687. The van der Waals surface area contributed by atoms with Crippen LogP contribution in [0.2, 0.25) is 0 Å². The molecular formula is C20H25N3O2. The van der Waals surface area contributed by atoms with E-state index in [0.717, 1.165) is 11.1 Å². The monoisotopic (exact) mass is 339 g/mol. The predicted molar refractivity (Wildman–Crippen MR) is 97.4 cm³/mol. The summed E-state index contributed by atoms with van der Waals surface area (Å²) in [5.74, 6) is -0.365. The van der Waals surface area contributed by atoms with E-state index in [-0.39, 0.29) is 17.7 Å². The zero-order valence-electron chi connectivity index (χ0n) is 15.0. The lowest BCUT2D eigenvalue weighted by atomic mass is 10.1. The largest absolute Gasteiger partial charge is 0.350 e. The Morgan fingerprint density at radius 3 is 2.24 bits per heavy atom. The molecule has 1 heterocycles. The van der Waals surface area contributed by atoms with Crippen molar-refractivity contribution in [1.29, 1.82) is 0 Å². The Labute approximate surface area is 149 Å². The molecule has 0 saturated carbocycles. The molecule has 1 N–H and O–H groups in total. The molecule has 0 radical (unpaired) electrons. The first-order valence-corrected chi connectivity index (χ1v) is 8.50. The fourth-order valence-electron chi connectivity index (χ4n) is 2.50. The first-order valence-electron chi connectivity index (χ1n) is 8.50. The summed E-state index contributed by atoms with van der Waals surface area (Å²) in [5, 5.41) is 2.90. The average Bonchev–Trinajstić information content (AvgIpc) is 2.64. The molecule has 1 aromatic heterocycles. The smallest absolute Gasteiger partial charge is 0.242 e. The van der Waals surface area contributed by atoms with Crippen LogP contribution in [0.15, 0.2) is 54.9 Å². The Morgan fingerprint density at radius 2 is 1.64 bits per heavy atom. The summed E-state index contributed by atoms with van der Waals surface area (Å²) in [6, 6.07) is 12.9. The molecule has 1 unspecified atom stereocenters. The predicted octanol–water partition coefficient (Wildman–Crippen LogP) is 2.77. The molecule has 0 aliphatic heterocycles. The summed E-state index contributed by atoms with van der Waals surface area (Å²) in [6.45, 7) is 6.30. The van der Waals surface area contributed by atoms with Crippen molar-refractivity contribution in [3.8, 4) is 0 Å². The Balaban J connectivity index is 2.06. The molecule has 1 aromatic carbocycles. The Morgan fingerprint density at radius 1 is 1.00 bits per heavy atom. The van der Waals surface area contributed by atoms with Gasteiger partial charge in [0.1, 0.15) is 6.04 Å². The molecule has 2 amide bonds. The molecule has 5 nitrogen and oxygen atoms in total. The molecule has 0 bridgehead atoms. The van der Waals surface area contributed by atoms with E-state index in [1.165, 1.54) is 0 Å². The summed E-state index contributed by atoms with van der Waals surface area (Å²) in [7, 11) is 0. The van der Waals surface area contributed by atoms with Crippen molar-refractivity contribution < 1.29 is 9.59 Å². The highest BCUT2D eigenvalue weighted by atomic mass is 16.2. The first-order chi connectivity index (χ1) is 12.0. The number of carbonyl (C=O) groups is 2. The Hall–Kier alpha value is -2.69. The van der Waals surface area contributed by atoms with Crippen molar-refractivity contribution in [3.05, 3.63) is 66.0 Å². The van der Waals surface area contributed by atoms with Crippen LogP contribution in [-0.4, -0.2) is 27.7 Å². The lowest BCUT2D eigenvalue weighted by Gasteiger charge is -2.30. The summed E-state index contributed by atoms with van der Waals surface area (Å²) in [5.41, 5.74) is 1.98. The number of hydrogen-bond donors (Lipinski definition) is 1. The van der Waals surface area contributed by atoms with E-state index in [1.807, 2.05) is 56.3 Å². The second-order valence-corrected chi connectivity index (χ2v) is 6.36. The minimum atomic E-state index is -0.544. The highest BCUT2D eigenvalue weighted by Crippen LogP contribution is 2.13. The number of carbonyl (C=O) groups excluding carboxylic acids is 2. The van der Waals surface area contributed by atoms with E-state index in [1.54, 1.807) is 24.2 Å².